The summed E-state index contributed by atoms with van der Waals surface area (Å²) < 4.78 is 27.3. The zero-order chi connectivity index (χ0) is 15.2. The highest BCUT2D eigenvalue weighted by molar-refractivity contribution is 7.87. The number of carboxylic acids is 1. The van der Waals surface area contributed by atoms with Crippen LogP contribution in [0, 0.1) is 5.92 Å². The average molecular weight is 307 g/mol. The third-order valence-electron chi connectivity index (χ3n) is 3.13. The number of hydrogen-bond donors (Lipinski definition) is 3. The van der Waals surface area contributed by atoms with Crippen molar-refractivity contribution in [2.45, 2.75) is 26.2 Å². The zero-order valence-corrected chi connectivity index (χ0v) is 12.3. The summed E-state index contributed by atoms with van der Waals surface area (Å²) in [5.74, 6) is -1.76. The smallest absolute Gasteiger partial charge is 0.306 e. The molecule has 0 aromatic rings. The van der Waals surface area contributed by atoms with Crippen LogP contribution in [0.5, 0.6) is 0 Å². The maximum atomic E-state index is 11.9. The Labute approximate surface area is 118 Å². The summed E-state index contributed by atoms with van der Waals surface area (Å²) in [7, 11) is -3.72. The molecule has 0 aromatic carbocycles. The third-order valence-corrected chi connectivity index (χ3v) is 4.68. The molecule has 0 saturated carbocycles. The van der Waals surface area contributed by atoms with Crippen LogP contribution in [0.3, 0.4) is 0 Å². The van der Waals surface area contributed by atoms with Crippen LogP contribution in [-0.2, 0) is 19.8 Å². The van der Waals surface area contributed by atoms with Gasteiger partial charge in [-0.2, -0.15) is 17.4 Å². The Morgan fingerprint density at radius 1 is 1.30 bits per heavy atom. The number of nitrogens with zero attached hydrogens (tertiary/aromatic N) is 1. The van der Waals surface area contributed by atoms with Gasteiger partial charge in [0.15, 0.2) is 0 Å². The summed E-state index contributed by atoms with van der Waals surface area (Å²) >= 11 is 0. The molecule has 1 rings (SSSR count). The third kappa shape index (κ3) is 5.06. The van der Waals surface area contributed by atoms with E-state index < -0.39 is 22.1 Å². The molecule has 0 bridgehead atoms. The largest absolute Gasteiger partial charge is 0.481 e. The summed E-state index contributed by atoms with van der Waals surface area (Å²) in [4.78, 5) is 22.1. The molecule has 0 aliphatic carbocycles. The molecule has 0 unspecified atom stereocenters. The van der Waals surface area contributed by atoms with Gasteiger partial charge in [0, 0.05) is 19.6 Å². The second-order valence-corrected chi connectivity index (χ2v) is 6.44. The second-order valence-electron chi connectivity index (χ2n) is 4.69. The van der Waals surface area contributed by atoms with Crippen molar-refractivity contribution in [2.24, 2.45) is 5.92 Å². The molecule has 0 aromatic heterocycles. The number of carboxylic acid groups (broad SMARTS) is 1. The molecule has 9 heteroatoms. The number of carbonyl (C=O) groups is 2. The minimum Gasteiger partial charge on any atom is -0.481 e. The molecule has 0 atom stereocenters. The minimum absolute atomic E-state index is 0.156. The Hall–Kier alpha value is -1.19. The first-order chi connectivity index (χ1) is 9.36. The van der Waals surface area contributed by atoms with Gasteiger partial charge in [-0.1, -0.05) is 6.92 Å². The molecule has 0 radical (unpaired) electrons. The lowest BCUT2D eigenvalue weighted by Gasteiger charge is -2.29. The topological polar surface area (TPSA) is 116 Å². The fourth-order valence-electron chi connectivity index (χ4n) is 1.92. The van der Waals surface area contributed by atoms with Crippen LogP contribution < -0.4 is 10.0 Å². The van der Waals surface area contributed by atoms with Crippen molar-refractivity contribution in [2.75, 3.05) is 26.2 Å². The van der Waals surface area contributed by atoms with Gasteiger partial charge in [0.25, 0.3) is 10.2 Å². The van der Waals surface area contributed by atoms with Gasteiger partial charge in [0.2, 0.25) is 5.91 Å². The maximum absolute atomic E-state index is 11.9. The summed E-state index contributed by atoms with van der Waals surface area (Å²) in [5, 5.41) is 11.4. The monoisotopic (exact) mass is 307 g/mol. The molecule has 20 heavy (non-hydrogen) atoms. The SMILES string of the molecule is CCCNC(=O)CNS(=O)(=O)N1CCC(C(=O)O)CC1. The lowest BCUT2D eigenvalue weighted by molar-refractivity contribution is -0.142. The van der Waals surface area contributed by atoms with Gasteiger partial charge in [0.1, 0.15) is 0 Å². The summed E-state index contributed by atoms with van der Waals surface area (Å²) in [5.41, 5.74) is 0. The van der Waals surface area contributed by atoms with Crippen molar-refractivity contribution in [3.63, 3.8) is 0 Å². The molecule has 1 heterocycles. The van der Waals surface area contributed by atoms with Crippen molar-refractivity contribution >= 4 is 22.1 Å². The van der Waals surface area contributed by atoms with Crippen LogP contribution in [0.4, 0.5) is 0 Å². The highest BCUT2D eigenvalue weighted by Crippen LogP contribution is 2.18. The molecule has 1 amide bonds. The van der Waals surface area contributed by atoms with E-state index in [4.69, 9.17) is 5.11 Å². The number of rotatable bonds is 7. The molecule has 1 aliphatic heterocycles. The van der Waals surface area contributed by atoms with E-state index in [9.17, 15) is 18.0 Å². The minimum atomic E-state index is -3.72. The van der Waals surface area contributed by atoms with E-state index in [0.29, 0.717) is 6.54 Å². The average Bonchev–Trinajstić information content (AvgIpc) is 2.43. The molecule has 1 fully saturated rings. The van der Waals surface area contributed by atoms with Gasteiger partial charge in [-0.25, -0.2) is 0 Å². The molecule has 3 N–H and O–H groups in total. The summed E-state index contributed by atoms with van der Waals surface area (Å²) in [6.45, 7) is 2.41. The van der Waals surface area contributed by atoms with Crippen molar-refractivity contribution in [1.29, 1.82) is 0 Å². The Kier molecular flexibility index (Phi) is 6.37. The highest BCUT2D eigenvalue weighted by Gasteiger charge is 2.30. The number of nitrogens with one attached hydrogen (secondary N) is 2. The first-order valence-electron chi connectivity index (χ1n) is 6.61. The number of carbonyl (C=O) groups excluding carboxylic acids is 1. The van der Waals surface area contributed by atoms with Gasteiger partial charge in [-0.3, -0.25) is 9.59 Å². The predicted octanol–water partition coefficient (Wildman–Crippen LogP) is -0.856. The van der Waals surface area contributed by atoms with Crippen LogP contribution in [0.2, 0.25) is 0 Å². The van der Waals surface area contributed by atoms with E-state index in [-0.39, 0.29) is 38.4 Å². The van der Waals surface area contributed by atoms with Crippen LogP contribution in [0.25, 0.3) is 0 Å². The van der Waals surface area contributed by atoms with Gasteiger partial charge in [-0.15, -0.1) is 0 Å². The van der Waals surface area contributed by atoms with E-state index in [1.807, 2.05) is 6.92 Å². The molecular formula is C11H21N3O5S. The number of piperidine rings is 1. The van der Waals surface area contributed by atoms with E-state index >= 15 is 0 Å². The highest BCUT2D eigenvalue weighted by atomic mass is 32.2. The Bertz CT molecular complexity index is 443. The lowest BCUT2D eigenvalue weighted by atomic mass is 9.99. The number of hydrogen-bond acceptors (Lipinski definition) is 4. The molecule has 1 aliphatic rings. The summed E-state index contributed by atoms with van der Waals surface area (Å²) in [6.07, 6.45) is 1.36. The fourth-order valence-corrected chi connectivity index (χ4v) is 3.11. The molecule has 1 saturated heterocycles. The second kappa shape index (κ2) is 7.55. The zero-order valence-electron chi connectivity index (χ0n) is 11.5. The van der Waals surface area contributed by atoms with Crippen LogP contribution in [0.1, 0.15) is 26.2 Å². The molecular weight excluding hydrogens is 286 g/mol. The van der Waals surface area contributed by atoms with Crippen LogP contribution >= 0.6 is 0 Å². The molecule has 8 nitrogen and oxygen atoms in total. The van der Waals surface area contributed by atoms with Gasteiger partial charge in [0.05, 0.1) is 12.5 Å². The number of amides is 1. The van der Waals surface area contributed by atoms with Crippen molar-refractivity contribution in [3.05, 3.63) is 0 Å². The first kappa shape index (κ1) is 16.9. The van der Waals surface area contributed by atoms with E-state index in [0.717, 1.165) is 6.42 Å². The van der Waals surface area contributed by atoms with Gasteiger partial charge >= 0.3 is 5.97 Å². The Balaban J connectivity index is 2.42. The fraction of sp³-hybridized carbons (Fsp3) is 0.818. The Morgan fingerprint density at radius 3 is 2.40 bits per heavy atom. The van der Waals surface area contributed by atoms with Crippen molar-refractivity contribution in [1.82, 2.24) is 14.3 Å². The van der Waals surface area contributed by atoms with Gasteiger partial charge < -0.3 is 10.4 Å². The van der Waals surface area contributed by atoms with Crippen LogP contribution in [0.15, 0.2) is 0 Å². The van der Waals surface area contributed by atoms with E-state index in [1.165, 1.54) is 4.31 Å². The number of aliphatic carboxylic acids is 1. The standard InChI is InChI=1S/C11H21N3O5S/c1-2-5-12-10(15)8-13-20(18,19)14-6-3-9(4-7-14)11(16)17/h9,13H,2-8H2,1H3,(H,12,15)(H,16,17). The van der Waals surface area contributed by atoms with Crippen molar-refractivity contribution < 1.29 is 23.1 Å². The van der Waals surface area contributed by atoms with Crippen molar-refractivity contribution in [3.8, 4) is 0 Å². The molecule has 0 spiro atoms. The quantitative estimate of drug-likeness (QED) is 0.566. The van der Waals surface area contributed by atoms with Crippen LogP contribution in [-0.4, -0.2) is 55.9 Å². The lowest BCUT2D eigenvalue weighted by Crippen LogP contribution is -2.48. The van der Waals surface area contributed by atoms with E-state index in [1.54, 1.807) is 0 Å². The first-order valence-corrected chi connectivity index (χ1v) is 8.05. The van der Waals surface area contributed by atoms with Gasteiger partial charge in [-0.05, 0) is 19.3 Å². The predicted molar refractivity (Wildman–Crippen MR) is 72.2 cm³/mol. The Morgan fingerprint density at radius 2 is 1.90 bits per heavy atom. The maximum Gasteiger partial charge on any atom is 0.306 e. The normalized spacial score (nSPS) is 17.9. The van der Waals surface area contributed by atoms with E-state index in [2.05, 4.69) is 10.0 Å². The molecule has 116 valence electrons. The summed E-state index contributed by atoms with van der Waals surface area (Å²) in [6, 6.07) is 0.